The highest BCUT2D eigenvalue weighted by Crippen LogP contribution is 2.25. The van der Waals surface area contributed by atoms with Gasteiger partial charge in [-0.2, -0.15) is 0 Å². The molecule has 1 fully saturated rings. The van der Waals surface area contributed by atoms with Gasteiger partial charge in [0.25, 0.3) is 0 Å². The van der Waals surface area contributed by atoms with E-state index >= 15 is 0 Å². The quantitative estimate of drug-likeness (QED) is 0.736. The minimum absolute atomic E-state index is 0. The molecule has 0 bridgehead atoms. The number of benzene rings is 1. The zero-order valence-electron chi connectivity index (χ0n) is 14.4. The molecule has 3 aromatic rings. The van der Waals surface area contributed by atoms with Crippen molar-refractivity contribution in [3.63, 3.8) is 0 Å². The number of hydrogen-bond donors (Lipinski definition) is 1. The molecule has 3 heterocycles. The summed E-state index contributed by atoms with van der Waals surface area (Å²) < 4.78 is 7.65. The smallest absolute Gasteiger partial charge is 0.151 e. The zero-order valence-corrected chi connectivity index (χ0v) is 16.0. The van der Waals surface area contributed by atoms with E-state index < -0.39 is 0 Å². The Morgan fingerprint density at radius 1 is 1.31 bits per heavy atom. The Bertz CT molecular complexity index is 845. The number of piperazine rings is 1. The highest BCUT2D eigenvalue weighted by molar-refractivity contribution is 6.30. The molecule has 1 N–H and O–H groups in total. The zero-order chi connectivity index (χ0) is 17.2. The number of halogens is 2. The molecule has 26 heavy (non-hydrogen) atoms. The van der Waals surface area contributed by atoms with Gasteiger partial charge in [0.05, 0.1) is 12.6 Å². The summed E-state index contributed by atoms with van der Waals surface area (Å²) in [6.07, 6.45) is 3.82. The molecule has 0 spiro atoms. The van der Waals surface area contributed by atoms with Crippen LogP contribution in [0.1, 0.15) is 17.6 Å². The maximum atomic E-state index is 5.95. The van der Waals surface area contributed by atoms with Crippen molar-refractivity contribution in [2.24, 2.45) is 7.05 Å². The Hall–Kier alpha value is -1.86. The van der Waals surface area contributed by atoms with Crippen LogP contribution in [0.25, 0.3) is 11.3 Å². The van der Waals surface area contributed by atoms with Gasteiger partial charge in [-0.15, -0.1) is 12.4 Å². The van der Waals surface area contributed by atoms with Crippen LogP contribution in [0, 0.1) is 0 Å². The van der Waals surface area contributed by atoms with Gasteiger partial charge in [-0.05, 0) is 12.1 Å². The summed E-state index contributed by atoms with van der Waals surface area (Å²) in [5, 5.41) is 8.37. The first kappa shape index (κ1) is 18.9. The van der Waals surface area contributed by atoms with Gasteiger partial charge in [0.15, 0.2) is 5.76 Å². The van der Waals surface area contributed by atoms with Crippen LogP contribution >= 0.6 is 24.0 Å². The van der Waals surface area contributed by atoms with Gasteiger partial charge < -0.3 is 14.4 Å². The van der Waals surface area contributed by atoms with Gasteiger partial charge in [0, 0.05) is 55.7 Å². The number of rotatable bonds is 4. The predicted octanol–water partition coefficient (Wildman–Crippen LogP) is 3.30. The van der Waals surface area contributed by atoms with Crippen LogP contribution < -0.4 is 5.32 Å². The first-order valence-electron chi connectivity index (χ1n) is 8.34. The maximum absolute atomic E-state index is 5.95. The monoisotopic (exact) mass is 393 g/mol. The summed E-state index contributed by atoms with van der Waals surface area (Å²) in [5.41, 5.74) is 1.83. The van der Waals surface area contributed by atoms with Crippen LogP contribution in [-0.2, 0) is 13.6 Å². The van der Waals surface area contributed by atoms with Crippen LogP contribution in [0.3, 0.4) is 0 Å². The van der Waals surface area contributed by atoms with Crippen LogP contribution in [0.5, 0.6) is 0 Å². The van der Waals surface area contributed by atoms with Gasteiger partial charge in [-0.25, -0.2) is 4.98 Å². The van der Waals surface area contributed by atoms with Gasteiger partial charge in [-0.1, -0.05) is 28.9 Å². The number of nitrogens with one attached hydrogen (secondary N) is 1. The van der Waals surface area contributed by atoms with E-state index in [0.717, 1.165) is 42.5 Å². The Kier molecular flexibility index (Phi) is 5.98. The topological polar surface area (TPSA) is 59.1 Å². The summed E-state index contributed by atoms with van der Waals surface area (Å²) in [7, 11) is 2.03. The highest BCUT2D eigenvalue weighted by atomic mass is 35.5. The van der Waals surface area contributed by atoms with Gasteiger partial charge in [0.2, 0.25) is 0 Å². The molecule has 1 aliphatic heterocycles. The lowest BCUT2D eigenvalue weighted by Gasteiger charge is -2.34. The second-order valence-corrected chi connectivity index (χ2v) is 6.71. The molecule has 138 valence electrons. The molecular weight excluding hydrogens is 373 g/mol. The molecule has 1 atom stereocenters. The lowest BCUT2D eigenvalue weighted by molar-refractivity contribution is 0.130. The van der Waals surface area contributed by atoms with Crippen molar-refractivity contribution in [1.82, 2.24) is 24.9 Å². The first-order valence-corrected chi connectivity index (χ1v) is 8.72. The third-order valence-corrected chi connectivity index (χ3v) is 4.82. The van der Waals surface area contributed by atoms with Crippen molar-refractivity contribution < 1.29 is 4.52 Å². The lowest BCUT2D eigenvalue weighted by Crippen LogP contribution is -2.46. The van der Waals surface area contributed by atoms with E-state index in [4.69, 9.17) is 16.1 Å². The Morgan fingerprint density at radius 2 is 2.12 bits per heavy atom. The SMILES string of the molecule is Cl.Cn1ccnc1C1CNCCN1Cc1cc(-c2ccc(Cl)cc2)no1. The molecule has 1 saturated heterocycles. The fraction of sp³-hybridized carbons (Fsp3) is 0.333. The van der Waals surface area contributed by atoms with E-state index in [1.807, 2.05) is 49.8 Å². The van der Waals surface area contributed by atoms with Gasteiger partial charge in [-0.3, -0.25) is 4.90 Å². The van der Waals surface area contributed by atoms with Crippen molar-refractivity contribution in [2.75, 3.05) is 19.6 Å². The minimum Gasteiger partial charge on any atom is -0.359 e. The van der Waals surface area contributed by atoms with Crippen LogP contribution in [0.2, 0.25) is 5.02 Å². The van der Waals surface area contributed by atoms with Crippen molar-refractivity contribution in [1.29, 1.82) is 0 Å². The van der Waals surface area contributed by atoms with Crippen molar-refractivity contribution >= 4 is 24.0 Å². The van der Waals surface area contributed by atoms with Crippen molar-refractivity contribution in [3.05, 3.63) is 59.3 Å². The first-order chi connectivity index (χ1) is 12.2. The van der Waals surface area contributed by atoms with Crippen molar-refractivity contribution in [3.8, 4) is 11.3 Å². The molecule has 1 aliphatic rings. The second kappa shape index (κ2) is 8.22. The third kappa shape index (κ3) is 3.94. The number of aryl methyl sites for hydroxylation is 1. The normalized spacial score (nSPS) is 17.8. The van der Waals surface area contributed by atoms with Crippen molar-refractivity contribution in [2.45, 2.75) is 12.6 Å². The summed E-state index contributed by atoms with van der Waals surface area (Å²) in [5.74, 6) is 1.91. The van der Waals surface area contributed by atoms with E-state index in [0.29, 0.717) is 11.6 Å². The summed E-state index contributed by atoms with van der Waals surface area (Å²) >= 11 is 5.95. The highest BCUT2D eigenvalue weighted by Gasteiger charge is 2.27. The van der Waals surface area contributed by atoms with Crippen LogP contribution in [0.15, 0.2) is 47.2 Å². The standard InChI is InChI=1S/C18H20ClN5O.ClH/c1-23-8-7-21-18(23)17-11-20-6-9-24(17)12-15-10-16(22-25-15)13-2-4-14(19)5-3-13;/h2-5,7-8,10,17,20H,6,9,11-12H2,1H3;1H. The summed E-state index contributed by atoms with van der Waals surface area (Å²) in [6, 6.07) is 9.84. The van der Waals surface area contributed by atoms with Crippen LogP contribution in [0.4, 0.5) is 0 Å². The molecule has 6 nitrogen and oxygen atoms in total. The number of hydrogen-bond acceptors (Lipinski definition) is 5. The van der Waals surface area contributed by atoms with E-state index in [1.165, 1.54) is 0 Å². The van der Waals surface area contributed by atoms with E-state index in [1.54, 1.807) is 0 Å². The molecule has 0 radical (unpaired) electrons. The molecule has 1 unspecified atom stereocenters. The van der Waals surface area contributed by atoms with Crippen LogP contribution in [-0.4, -0.2) is 39.2 Å². The maximum Gasteiger partial charge on any atom is 0.151 e. The Morgan fingerprint density at radius 3 is 2.85 bits per heavy atom. The third-order valence-electron chi connectivity index (χ3n) is 4.57. The largest absolute Gasteiger partial charge is 0.359 e. The number of nitrogens with zero attached hydrogens (tertiary/aromatic N) is 4. The molecule has 2 aromatic heterocycles. The summed E-state index contributed by atoms with van der Waals surface area (Å²) in [4.78, 5) is 6.89. The molecule has 8 heteroatoms. The number of aromatic nitrogens is 3. The molecule has 4 rings (SSSR count). The van der Waals surface area contributed by atoms with E-state index in [9.17, 15) is 0 Å². The minimum atomic E-state index is 0. The number of imidazole rings is 1. The van der Waals surface area contributed by atoms with E-state index in [-0.39, 0.29) is 18.4 Å². The average molecular weight is 394 g/mol. The second-order valence-electron chi connectivity index (χ2n) is 6.27. The fourth-order valence-electron chi connectivity index (χ4n) is 3.23. The molecular formula is C18H21Cl2N5O. The molecule has 0 amide bonds. The molecule has 0 aliphatic carbocycles. The Labute approximate surface area is 163 Å². The van der Waals surface area contributed by atoms with Gasteiger partial charge in [0.1, 0.15) is 11.5 Å². The lowest BCUT2D eigenvalue weighted by atomic mass is 10.1. The molecule has 1 aromatic carbocycles. The average Bonchev–Trinajstić information content (AvgIpc) is 3.25. The fourth-order valence-corrected chi connectivity index (χ4v) is 3.36. The Balaban J connectivity index is 0.00000196. The van der Waals surface area contributed by atoms with E-state index in [2.05, 4.69) is 24.9 Å². The van der Waals surface area contributed by atoms with Gasteiger partial charge >= 0.3 is 0 Å². The molecule has 0 saturated carbocycles. The summed E-state index contributed by atoms with van der Waals surface area (Å²) in [6.45, 7) is 3.48. The predicted molar refractivity (Wildman–Crippen MR) is 103 cm³/mol.